The molecule has 1 heterocycles. The smallest absolute Gasteiger partial charge is 0.231 e. The van der Waals surface area contributed by atoms with Gasteiger partial charge >= 0.3 is 0 Å². The van der Waals surface area contributed by atoms with E-state index in [1.165, 1.54) is 0 Å². The van der Waals surface area contributed by atoms with E-state index in [1.807, 2.05) is 42.5 Å². The molecule has 2 aromatic rings. The first-order chi connectivity index (χ1) is 10.2. The van der Waals surface area contributed by atoms with Crippen LogP contribution < -0.4 is 14.8 Å². The van der Waals surface area contributed by atoms with Gasteiger partial charge in [-0.1, -0.05) is 29.8 Å². The fraction of sp³-hybridized carbons (Fsp3) is 0.250. The summed E-state index contributed by atoms with van der Waals surface area (Å²) in [7, 11) is 0. The highest BCUT2D eigenvalue weighted by Crippen LogP contribution is 2.34. The normalized spacial score (nSPS) is 14.2. The molecule has 0 aliphatic carbocycles. The average molecular weight is 306 g/mol. The number of hydrogen-bond acceptors (Lipinski definition) is 4. The molecule has 2 N–H and O–H groups in total. The van der Waals surface area contributed by atoms with E-state index >= 15 is 0 Å². The minimum Gasteiger partial charge on any atom is -0.454 e. The zero-order chi connectivity index (χ0) is 14.7. The number of aliphatic hydroxyl groups is 1. The van der Waals surface area contributed by atoms with Crippen molar-refractivity contribution in [2.24, 2.45) is 0 Å². The van der Waals surface area contributed by atoms with Gasteiger partial charge in [-0.15, -0.1) is 0 Å². The van der Waals surface area contributed by atoms with E-state index in [0.29, 0.717) is 18.8 Å². The molecule has 1 aliphatic rings. The van der Waals surface area contributed by atoms with Crippen molar-refractivity contribution in [1.29, 1.82) is 0 Å². The van der Waals surface area contributed by atoms with E-state index in [0.717, 1.165) is 21.9 Å². The van der Waals surface area contributed by atoms with E-state index in [-0.39, 0.29) is 6.79 Å². The molecule has 0 fully saturated rings. The molecule has 5 heteroatoms. The van der Waals surface area contributed by atoms with Crippen LogP contribution in [0.5, 0.6) is 11.5 Å². The summed E-state index contributed by atoms with van der Waals surface area (Å²) in [4.78, 5) is 0. The Bertz CT molecular complexity index is 615. The summed E-state index contributed by atoms with van der Waals surface area (Å²) in [5, 5.41) is 14.1. The lowest BCUT2D eigenvalue weighted by Gasteiger charge is -2.13. The zero-order valence-corrected chi connectivity index (χ0v) is 12.1. The van der Waals surface area contributed by atoms with Crippen molar-refractivity contribution in [2.75, 3.05) is 13.3 Å². The van der Waals surface area contributed by atoms with Gasteiger partial charge in [0, 0.05) is 18.1 Å². The SMILES string of the molecule is OC(CNCc1ccc(Cl)cc1)c1ccc2c(c1)OCO2. The number of hydrogen-bond donors (Lipinski definition) is 2. The second kappa shape index (κ2) is 6.35. The number of benzene rings is 2. The summed E-state index contributed by atoms with van der Waals surface area (Å²) >= 11 is 5.84. The molecular weight excluding hydrogens is 290 g/mol. The molecule has 0 radical (unpaired) electrons. The third-order valence-corrected chi connectivity index (χ3v) is 3.61. The predicted octanol–water partition coefficient (Wildman–Crippen LogP) is 2.89. The molecule has 110 valence electrons. The number of halogens is 1. The zero-order valence-electron chi connectivity index (χ0n) is 11.4. The monoisotopic (exact) mass is 305 g/mol. The molecule has 0 aromatic heterocycles. The van der Waals surface area contributed by atoms with Crippen LogP contribution in [0.3, 0.4) is 0 Å². The van der Waals surface area contributed by atoms with Gasteiger partial charge in [0.2, 0.25) is 6.79 Å². The largest absolute Gasteiger partial charge is 0.454 e. The lowest BCUT2D eigenvalue weighted by Crippen LogP contribution is -2.21. The minimum absolute atomic E-state index is 0.240. The molecular formula is C16H16ClNO3. The molecule has 1 atom stereocenters. The summed E-state index contributed by atoms with van der Waals surface area (Å²) in [5.41, 5.74) is 1.93. The summed E-state index contributed by atoms with van der Waals surface area (Å²) in [5.74, 6) is 1.41. The molecule has 1 aliphatic heterocycles. The minimum atomic E-state index is -0.591. The molecule has 0 bridgehead atoms. The van der Waals surface area contributed by atoms with E-state index in [1.54, 1.807) is 0 Å². The average Bonchev–Trinajstić information content (AvgIpc) is 2.96. The Labute approximate surface area is 128 Å². The predicted molar refractivity (Wildman–Crippen MR) is 80.7 cm³/mol. The molecule has 0 saturated carbocycles. The third-order valence-electron chi connectivity index (χ3n) is 3.36. The maximum absolute atomic E-state index is 10.2. The maximum atomic E-state index is 10.2. The van der Waals surface area contributed by atoms with Crippen molar-refractivity contribution in [3.63, 3.8) is 0 Å². The summed E-state index contributed by atoms with van der Waals surface area (Å²) in [6, 6.07) is 13.1. The van der Waals surface area contributed by atoms with Gasteiger partial charge in [0.15, 0.2) is 11.5 Å². The molecule has 4 nitrogen and oxygen atoms in total. The standard InChI is InChI=1S/C16H16ClNO3/c17-13-4-1-11(2-5-13)8-18-9-14(19)12-3-6-15-16(7-12)21-10-20-15/h1-7,14,18-19H,8-10H2. The molecule has 0 saturated heterocycles. The Balaban J connectivity index is 1.54. The highest BCUT2D eigenvalue weighted by molar-refractivity contribution is 6.30. The van der Waals surface area contributed by atoms with Crippen molar-refractivity contribution >= 4 is 11.6 Å². The van der Waals surface area contributed by atoms with Gasteiger partial charge in [-0.3, -0.25) is 0 Å². The summed E-state index contributed by atoms with van der Waals surface area (Å²) < 4.78 is 10.6. The van der Waals surface area contributed by atoms with E-state index in [2.05, 4.69) is 5.32 Å². The van der Waals surface area contributed by atoms with Gasteiger partial charge in [0.1, 0.15) is 0 Å². The molecule has 2 aromatic carbocycles. The highest BCUT2D eigenvalue weighted by atomic mass is 35.5. The molecule has 0 spiro atoms. The fourth-order valence-electron chi connectivity index (χ4n) is 2.19. The third kappa shape index (κ3) is 3.47. The van der Waals surface area contributed by atoms with Crippen molar-refractivity contribution in [2.45, 2.75) is 12.6 Å². The van der Waals surface area contributed by atoms with Crippen LogP contribution >= 0.6 is 11.6 Å². The molecule has 21 heavy (non-hydrogen) atoms. The highest BCUT2D eigenvalue weighted by Gasteiger charge is 2.16. The Morgan fingerprint density at radius 3 is 2.67 bits per heavy atom. The van der Waals surface area contributed by atoms with Crippen LogP contribution in [0.4, 0.5) is 0 Å². The van der Waals surface area contributed by atoms with Gasteiger partial charge in [-0.25, -0.2) is 0 Å². The second-order valence-electron chi connectivity index (χ2n) is 4.89. The van der Waals surface area contributed by atoms with Crippen LogP contribution in [0.15, 0.2) is 42.5 Å². The first-order valence-electron chi connectivity index (χ1n) is 6.75. The van der Waals surface area contributed by atoms with Crippen LogP contribution in [0, 0.1) is 0 Å². The van der Waals surface area contributed by atoms with E-state index in [4.69, 9.17) is 21.1 Å². The van der Waals surface area contributed by atoms with Crippen LogP contribution in [0.25, 0.3) is 0 Å². The fourth-order valence-corrected chi connectivity index (χ4v) is 2.32. The van der Waals surface area contributed by atoms with Crippen LogP contribution in [-0.4, -0.2) is 18.4 Å². The maximum Gasteiger partial charge on any atom is 0.231 e. The quantitative estimate of drug-likeness (QED) is 0.892. The Morgan fingerprint density at radius 2 is 1.86 bits per heavy atom. The molecule has 1 unspecified atom stereocenters. The number of aliphatic hydroxyl groups excluding tert-OH is 1. The number of rotatable bonds is 5. The Kier molecular flexibility index (Phi) is 4.29. The topological polar surface area (TPSA) is 50.7 Å². The van der Waals surface area contributed by atoms with E-state index < -0.39 is 6.10 Å². The van der Waals surface area contributed by atoms with Gasteiger partial charge in [-0.2, -0.15) is 0 Å². The Hall–Kier alpha value is -1.75. The first kappa shape index (κ1) is 14.2. The summed E-state index contributed by atoms with van der Waals surface area (Å²) in [6.07, 6.45) is -0.591. The van der Waals surface area contributed by atoms with Gasteiger partial charge in [0.05, 0.1) is 6.10 Å². The van der Waals surface area contributed by atoms with Gasteiger partial charge in [0.25, 0.3) is 0 Å². The molecule has 0 amide bonds. The number of fused-ring (bicyclic) bond motifs is 1. The van der Waals surface area contributed by atoms with E-state index in [9.17, 15) is 5.11 Å². The Morgan fingerprint density at radius 1 is 1.10 bits per heavy atom. The van der Waals surface area contributed by atoms with Crippen molar-refractivity contribution in [3.8, 4) is 11.5 Å². The second-order valence-corrected chi connectivity index (χ2v) is 5.32. The number of ether oxygens (including phenoxy) is 2. The van der Waals surface area contributed by atoms with Crippen molar-refractivity contribution < 1.29 is 14.6 Å². The lowest BCUT2D eigenvalue weighted by molar-refractivity contribution is 0.170. The van der Waals surface area contributed by atoms with Crippen LogP contribution in [0.1, 0.15) is 17.2 Å². The lowest BCUT2D eigenvalue weighted by atomic mass is 10.1. The van der Waals surface area contributed by atoms with Crippen LogP contribution in [0.2, 0.25) is 5.02 Å². The van der Waals surface area contributed by atoms with Crippen molar-refractivity contribution in [3.05, 3.63) is 58.6 Å². The van der Waals surface area contributed by atoms with Gasteiger partial charge < -0.3 is 19.9 Å². The van der Waals surface area contributed by atoms with Gasteiger partial charge in [-0.05, 0) is 35.4 Å². The number of nitrogens with one attached hydrogen (secondary N) is 1. The molecule has 3 rings (SSSR count). The van der Waals surface area contributed by atoms with Crippen LogP contribution in [-0.2, 0) is 6.54 Å². The first-order valence-corrected chi connectivity index (χ1v) is 7.13. The van der Waals surface area contributed by atoms with Crippen molar-refractivity contribution in [1.82, 2.24) is 5.32 Å². The summed E-state index contributed by atoms with van der Waals surface area (Å²) in [6.45, 7) is 1.38.